The molecule has 7 heteroatoms. The fourth-order valence-corrected chi connectivity index (χ4v) is 3.52. The first kappa shape index (κ1) is 26.5. The molecular weight excluding hydrogens is 394 g/mol. The molecule has 1 aromatic carbocycles. The number of nitrogens with one attached hydrogen (secondary N) is 2. The topological polar surface area (TPSA) is 87.7 Å². The number of likely N-dealkylation sites (N-methyl/N-ethyl adjacent to an activating group) is 1. The van der Waals surface area contributed by atoms with Crippen LogP contribution in [0.15, 0.2) is 18.2 Å². The minimum absolute atomic E-state index is 0.00767. The second-order valence-electron chi connectivity index (χ2n) is 9.34. The lowest BCUT2D eigenvalue weighted by atomic mass is 9.98. The van der Waals surface area contributed by atoms with Gasteiger partial charge in [0.05, 0.1) is 0 Å². The Balaban J connectivity index is 3.14. The molecule has 0 aromatic heterocycles. The van der Waals surface area contributed by atoms with Gasteiger partial charge in [-0.15, -0.1) is 0 Å². The zero-order valence-electron chi connectivity index (χ0n) is 20.5. The maximum atomic E-state index is 13.2. The summed E-state index contributed by atoms with van der Waals surface area (Å²) in [5.74, 6) is -0.625. The number of hydrogen-bond acceptors (Lipinski definition) is 4. The number of aryl methyl sites for hydroxylation is 2. The molecule has 0 aliphatic heterocycles. The van der Waals surface area contributed by atoms with E-state index < -0.39 is 23.8 Å². The van der Waals surface area contributed by atoms with Crippen molar-refractivity contribution in [2.45, 2.75) is 92.0 Å². The standard InChI is InChI=1S/C24H39N3O4/c1-10-11-17(4)25-21(28)20(19-13-15(2)12-16(3)14-19)27(9)22(29)18(5)26-23(30)31-24(6,7)8/h12-14,17-18,20H,10-11H2,1-9H3,(H,25,28)(H,26,30). The molecule has 0 aliphatic rings. The Morgan fingerprint density at radius 3 is 2.06 bits per heavy atom. The molecule has 0 aliphatic carbocycles. The van der Waals surface area contributed by atoms with E-state index >= 15 is 0 Å². The number of rotatable bonds is 8. The Kier molecular flexibility index (Phi) is 9.53. The zero-order chi connectivity index (χ0) is 23.9. The van der Waals surface area contributed by atoms with Crippen LogP contribution in [0.4, 0.5) is 4.79 Å². The summed E-state index contributed by atoms with van der Waals surface area (Å²) in [6.45, 7) is 14.8. The molecular formula is C24H39N3O4. The predicted molar refractivity (Wildman–Crippen MR) is 123 cm³/mol. The molecule has 7 nitrogen and oxygen atoms in total. The van der Waals surface area contributed by atoms with Gasteiger partial charge in [-0.3, -0.25) is 9.59 Å². The van der Waals surface area contributed by atoms with Gasteiger partial charge in [0.15, 0.2) is 0 Å². The summed E-state index contributed by atoms with van der Waals surface area (Å²) in [6, 6.07) is 4.18. The highest BCUT2D eigenvalue weighted by molar-refractivity contribution is 5.91. The molecule has 1 aromatic rings. The monoisotopic (exact) mass is 433 g/mol. The van der Waals surface area contributed by atoms with Crippen LogP contribution in [0.25, 0.3) is 0 Å². The first-order valence-corrected chi connectivity index (χ1v) is 10.9. The number of carbonyl (C=O) groups excluding carboxylic acids is 3. The Hall–Kier alpha value is -2.57. The minimum Gasteiger partial charge on any atom is -0.444 e. The lowest BCUT2D eigenvalue weighted by Crippen LogP contribution is -2.51. The van der Waals surface area contributed by atoms with E-state index in [0.717, 1.165) is 29.5 Å². The molecule has 0 saturated carbocycles. The smallest absolute Gasteiger partial charge is 0.408 e. The summed E-state index contributed by atoms with van der Waals surface area (Å²) in [5.41, 5.74) is 2.08. The average molecular weight is 434 g/mol. The summed E-state index contributed by atoms with van der Waals surface area (Å²) >= 11 is 0. The van der Waals surface area contributed by atoms with Crippen molar-refractivity contribution >= 4 is 17.9 Å². The van der Waals surface area contributed by atoms with Crippen LogP contribution in [-0.2, 0) is 14.3 Å². The summed E-state index contributed by atoms with van der Waals surface area (Å²) in [7, 11) is 1.59. The van der Waals surface area contributed by atoms with Crippen molar-refractivity contribution in [3.05, 3.63) is 34.9 Å². The van der Waals surface area contributed by atoms with Crippen LogP contribution in [0.3, 0.4) is 0 Å². The van der Waals surface area contributed by atoms with Crippen LogP contribution in [-0.4, -0.2) is 47.5 Å². The second-order valence-corrected chi connectivity index (χ2v) is 9.34. The zero-order valence-corrected chi connectivity index (χ0v) is 20.5. The molecule has 0 fully saturated rings. The number of benzene rings is 1. The SMILES string of the molecule is CCCC(C)NC(=O)C(c1cc(C)cc(C)c1)N(C)C(=O)C(C)NC(=O)OC(C)(C)C. The maximum absolute atomic E-state index is 13.2. The number of carbonyl (C=O) groups is 3. The third-order valence-corrected chi connectivity index (χ3v) is 4.76. The number of amides is 3. The van der Waals surface area contributed by atoms with Crippen molar-refractivity contribution in [2.24, 2.45) is 0 Å². The van der Waals surface area contributed by atoms with E-state index in [9.17, 15) is 14.4 Å². The number of ether oxygens (including phenoxy) is 1. The first-order valence-electron chi connectivity index (χ1n) is 10.9. The van der Waals surface area contributed by atoms with Crippen LogP contribution in [0.5, 0.6) is 0 Å². The van der Waals surface area contributed by atoms with Crippen molar-refractivity contribution < 1.29 is 19.1 Å². The van der Waals surface area contributed by atoms with Crippen molar-refractivity contribution in [3.63, 3.8) is 0 Å². The van der Waals surface area contributed by atoms with Crippen LogP contribution in [0.1, 0.15) is 77.1 Å². The van der Waals surface area contributed by atoms with E-state index in [-0.39, 0.29) is 17.9 Å². The lowest BCUT2D eigenvalue weighted by Gasteiger charge is -2.31. The highest BCUT2D eigenvalue weighted by Crippen LogP contribution is 2.24. The summed E-state index contributed by atoms with van der Waals surface area (Å²) in [5, 5.41) is 5.58. The van der Waals surface area contributed by atoms with Gasteiger partial charge in [0, 0.05) is 13.1 Å². The molecule has 3 amide bonds. The van der Waals surface area contributed by atoms with Crippen molar-refractivity contribution in [3.8, 4) is 0 Å². The average Bonchev–Trinajstić information content (AvgIpc) is 2.58. The van der Waals surface area contributed by atoms with Gasteiger partial charge in [0.2, 0.25) is 11.8 Å². The van der Waals surface area contributed by atoms with Gasteiger partial charge in [-0.1, -0.05) is 42.7 Å². The minimum atomic E-state index is -0.853. The van der Waals surface area contributed by atoms with Gasteiger partial charge in [0.25, 0.3) is 0 Å². The number of hydrogen-bond donors (Lipinski definition) is 2. The molecule has 2 N–H and O–H groups in total. The molecule has 0 bridgehead atoms. The van der Waals surface area contributed by atoms with Gasteiger partial charge >= 0.3 is 6.09 Å². The van der Waals surface area contributed by atoms with E-state index in [1.807, 2.05) is 39.0 Å². The van der Waals surface area contributed by atoms with Crippen molar-refractivity contribution in [1.82, 2.24) is 15.5 Å². The van der Waals surface area contributed by atoms with Gasteiger partial charge in [0.1, 0.15) is 17.7 Å². The van der Waals surface area contributed by atoms with E-state index in [1.165, 1.54) is 4.90 Å². The highest BCUT2D eigenvalue weighted by atomic mass is 16.6. The van der Waals surface area contributed by atoms with E-state index in [2.05, 4.69) is 17.6 Å². The fourth-order valence-electron chi connectivity index (χ4n) is 3.52. The van der Waals surface area contributed by atoms with Crippen LogP contribution in [0, 0.1) is 13.8 Å². The fraction of sp³-hybridized carbons (Fsp3) is 0.625. The number of nitrogens with zero attached hydrogens (tertiary/aromatic N) is 1. The third-order valence-electron chi connectivity index (χ3n) is 4.76. The third kappa shape index (κ3) is 8.59. The predicted octanol–water partition coefficient (Wildman–Crippen LogP) is 4.02. The van der Waals surface area contributed by atoms with Gasteiger partial charge < -0.3 is 20.3 Å². The molecule has 174 valence electrons. The molecule has 0 heterocycles. The molecule has 0 saturated heterocycles. The van der Waals surface area contributed by atoms with Gasteiger partial charge in [-0.25, -0.2) is 4.79 Å². The van der Waals surface area contributed by atoms with Crippen LogP contribution >= 0.6 is 0 Å². The maximum Gasteiger partial charge on any atom is 0.408 e. The van der Waals surface area contributed by atoms with Gasteiger partial charge in [-0.2, -0.15) is 0 Å². The molecule has 3 unspecified atom stereocenters. The molecule has 0 spiro atoms. The quantitative estimate of drug-likeness (QED) is 0.648. The first-order chi connectivity index (χ1) is 14.2. The largest absolute Gasteiger partial charge is 0.444 e. The number of alkyl carbamates (subject to hydrolysis) is 1. The Bertz CT molecular complexity index is 765. The van der Waals surface area contributed by atoms with Gasteiger partial charge in [-0.05, 0) is 60.5 Å². The Morgan fingerprint density at radius 2 is 1.58 bits per heavy atom. The van der Waals surface area contributed by atoms with Crippen molar-refractivity contribution in [2.75, 3.05) is 7.05 Å². The normalized spacial score (nSPS) is 14.2. The highest BCUT2D eigenvalue weighted by Gasteiger charge is 2.33. The summed E-state index contributed by atoms with van der Waals surface area (Å²) < 4.78 is 5.24. The van der Waals surface area contributed by atoms with Crippen molar-refractivity contribution in [1.29, 1.82) is 0 Å². The Morgan fingerprint density at radius 1 is 1.03 bits per heavy atom. The van der Waals surface area contributed by atoms with Crippen LogP contribution in [0.2, 0.25) is 0 Å². The summed E-state index contributed by atoms with van der Waals surface area (Å²) in [6.07, 6.45) is 1.12. The van der Waals surface area contributed by atoms with E-state index in [0.29, 0.717) is 0 Å². The Labute approximate surface area is 186 Å². The summed E-state index contributed by atoms with van der Waals surface area (Å²) in [4.78, 5) is 39.8. The lowest BCUT2D eigenvalue weighted by molar-refractivity contribution is -0.140. The van der Waals surface area contributed by atoms with Crippen LogP contribution < -0.4 is 10.6 Å². The van der Waals surface area contributed by atoms with E-state index in [4.69, 9.17) is 4.74 Å². The molecule has 1 rings (SSSR count). The van der Waals surface area contributed by atoms with E-state index in [1.54, 1.807) is 34.7 Å². The molecule has 3 atom stereocenters. The second kappa shape index (κ2) is 11.2. The molecule has 0 radical (unpaired) electrons. The molecule has 31 heavy (non-hydrogen) atoms.